The van der Waals surface area contributed by atoms with Crippen molar-refractivity contribution in [1.82, 2.24) is 24.6 Å². The molecule has 0 bridgehead atoms. The van der Waals surface area contributed by atoms with Crippen LogP contribution in [0, 0.1) is 0 Å². The Morgan fingerprint density at radius 3 is 2.80 bits per heavy atom. The second-order valence-corrected chi connectivity index (χ2v) is 9.68. The minimum absolute atomic E-state index is 0.116. The van der Waals surface area contributed by atoms with Crippen LogP contribution in [0.1, 0.15) is 34.1 Å². The number of aromatic nitrogens is 4. The maximum atomic E-state index is 13.4. The lowest BCUT2D eigenvalue weighted by Gasteiger charge is -2.16. The van der Waals surface area contributed by atoms with Gasteiger partial charge in [-0.05, 0) is 45.3 Å². The topological polar surface area (TPSA) is 102 Å². The number of carbonyl (C=O) groups excluding carboxylic acids is 1. The fourth-order valence-corrected chi connectivity index (χ4v) is 5.63. The third kappa shape index (κ3) is 4.29. The molecule has 1 aliphatic rings. The number of fused-ring (bicyclic) bond motifs is 3. The first-order valence-electron chi connectivity index (χ1n) is 9.76. The summed E-state index contributed by atoms with van der Waals surface area (Å²) in [4.78, 5) is 34.9. The second kappa shape index (κ2) is 8.88. The second-order valence-electron chi connectivity index (χ2n) is 7.53. The number of hydrogen-bond acceptors (Lipinski definition) is 9. The van der Waals surface area contributed by atoms with Crippen molar-refractivity contribution in [3.63, 3.8) is 0 Å². The van der Waals surface area contributed by atoms with Crippen molar-refractivity contribution in [2.24, 2.45) is 0 Å². The average molecular weight is 449 g/mol. The normalized spacial score (nSPS) is 13.7. The van der Waals surface area contributed by atoms with Crippen molar-refractivity contribution < 1.29 is 9.53 Å². The van der Waals surface area contributed by atoms with E-state index in [4.69, 9.17) is 9.72 Å². The number of ether oxygens (including phenoxy) is 1. The van der Waals surface area contributed by atoms with Crippen molar-refractivity contribution in [3.05, 3.63) is 31.6 Å². The van der Waals surface area contributed by atoms with E-state index in [0.29, 0.717) is 34.5 Å². The SMILES string of the molecule is COCc1nnc(NC(=O)Cn2c(CN(C)C)nc3sc4c(c3c2=O)CCCC4)s1. The van der Waals surface area contributed by atoms with E-state index in [1.54, 1.807) is 18.4 Å². The van der Waals surface area contributed by atoms with Gasteiger partial charge in [-0.3, -0.25) is 19.5 Å². The molecule has 0 saturated carbocycles. The van der Waals surface area contributed by atoms with Crippen LogP contribution < -0.4 is 10.9 Å². The number of aryl methyl sites for hydroxylation is 2. The highest BCUT2D eigenvalue weighted by Crippen LogP contribution is 2.33. The van der Waals surface area contributed by atoms with Crippen LogP contribution in [0.3, 0.4) is 0 Å². The third-order valence-corrected chi connectivity index (χ3v) is 6.89. The van der Waals surface area contributed by atoms with Crippen LogP contribution in [0.15, 0.2) is 4.79 Å². The molecule has 160 valence electrons. The first kappa shape index (κ1) is 21.0. The van der Waals surface area contributed by atoms with Gasteiger partial charge in [-0.25, -0.2) is 4.98 Å². The quantitative estimate of drug-likeness (QED) is 0.590. The molecule has 4 rings (SSSR count). The molecule has 3 heterocycles. The highest BCUT2D eigenvalue weighted by molar-refractivity contribution is 7.18. The van der Waals surface area contributed by atoms with Crippen molar-refractivity contribution in [2.45, 2.75) is 45.4 Å². The summed E-state index contributed by atoms with van der Waals surface area (Å²) >= 11 is 2.87. The minimum Gasteiger partial charge on any atom is -0.377 e. The fraction of sp³-hybridized carbons (Fsp3) is 0.526. The Hall–Kier alpha value is -2.21. The lowest BCUT2D eigenvalue weighted by atomic mass is 9.97. The van der Waals surface area contributed by atoms with Gasteiger partial charge >= 0.3 is 0 Å². The zero-order valence-corrected chi connectivity index (χ0v) is 18.9. The highest BCUT2D eigenvalue weighted by atomic mass is 32.1. The summed E-state index contributed by atoms with van der Waals surface area (Å²) in [7, 11) is 5.40. The molecule has 0 fully saturated rings. The smallest absolute Gasteiger partial charge is 0.263 e. The van der Waals surface area contributed by atoms with E-state index >= 15 is 0 Å². The van der Waals surface area contributed by atoms with Crippen LogP contribution >= 0.6 is 22.7 Å². The van der Waals surface area contributed by atoms with Gasteiger partial charge < -0.3 is 9.64 Å². The van der Waals surface area contributed by atoms with Gasteiger partial charge in [0.15, 0.2) is 0 Å². The molecule has 0 radical (unpaired) electrons. The zero-order valence-electron chi connectivity index (χ0n) is 17.2. The molecule has 0 spiro atoms. The number of hydrogen-bond donors (Lipinski definition) is 1. The average Bonchev–Trinajstić information content (AvgIpc) is 3.28. The van der Waals surface area contributed by atoms with Crippen LogP contribution in [0.2, 0.25) is 0 Å². The molecule has 30 heavy (non-hydrogen) atoms. The molecule has 0 aliphatic heterocycles. The summed E-state index contributed by atoms with van der Waals surface area (Å²) in [5, 5.41) is 12.4. The molecule has 0 aromatic carbocycles. The van der Waals surface area contributed by atoms with Crippen LogP contribution in [0.4, 0.5) is 5.13 Å². The molecule has 1 amide bonds. The molecule has 3 aromatic heterocycles. The van der Waals surface area contributed by atoms with Gasteiger partial charge in [0.05, 0.1) is 11.9 Å². The van der Waals surface area contributed by atoms with Crippen molar-refractivity contribution >= 4 is 43.9 Å². The van der Waals surface area contributed by atoms with Crippen LogP contribution in [0.5, 0.6) is 0 Å². The van der Waals surface area contributed by atoms with Crippen molar-refractivity contribution in [1.29, 1.82) is 0 Å². The largest absolute Gasteiger partial charge is 0.377 e. The predicted molar refractivity (Wildman–Crippen MR) is 117 cm³/mol. The summed E-state index contributed by atoms with van der Waals surface area (Å²) in [6.45, 7) is 0.691. The number of methoxy groups -OCH3 is 1. The summed E-state index contributed by atoms with van der Waals surface area (Å²) in [5.41, 5.74) is 0.987. The van der Waals surface area contributed by atoms with Crippen molar-refractivity contribution in [2.75, 3.05) is 26.5 Å². The van der Waals surface area contributed by atoms with E-state index in [-0.39, 0.29) is 18.0 Å². The summed E-state index contributed by atoms with van der Waals surface area (Å²) < 4.78 is 6.52. The molecule has 1 N–H and O–H groups in total. The molecule has 11 heteroatoms. The van der Waals surface area contributed by atoms with Gasteiger partial charge in [-0.2, -0.15) is 0 Å². The monoisotopic (exact) mass is 448 g/mol. The zero-order chi connectivity index (χ0) is 21.3. The number of nitrogens with one attached hydrogen (secondary N) is 1. The lowest BCUT2D eigenvalue weighted by Crippen LogP contribution is -2.33. The van der Waals surface area contributed by atoms with Gasteiger partial charge in [0.2, 0.25) is 11.0 Å². The first-order valence-corrected chi connectivity index (χ1v) is 11.4. The number of rotatable bonds is 7. The molecule has 0 unspecified atom stereocenters. The van der Waals surface area contributed by atoms with Gasteiger partial charge in [0.1, 0.15) is 28.8 Å². The Kier molecular flexibility index (Phi) is 6.23. The van der Waals surface area contributed by atoms with E-state index in [0.717, 1.165) is 36.1 Å². The maximum absolute atomic E-state index is 13.4. The Labute approximate surface area is 181 Å². The molecular formula is C19H24N6O3S2. The predicted octanol–water partition coefficient (Wildman–Crippen LogP) is 2.04. The van der Waals surface area contributed by atoms with E-state index in [9.17, 15) is 9.59 Å². The summed E-state index contributed by atoms with van der Waals surface area (Å²) in [6.07, 6.45) is 4.13. The van der Waals surface area contributed by atoms with E-state index in [1.807, 2.05) is 19.0 Å². The third-order valence-electron chi connectivity index (χ3n) is 4.89. The lowest BCUT2D eigenvalue weighted by molar-refractivity contribution is -0.116. The number of amides is 1. The van der Waals surface area contributed by atoms with Crippen LogP contribution in [0.25, 0.3) is 10.2 Å². The molecule has 0 saturated heterocycles. The van der Waals surface area contributed by atoms with Gasteiger partial charge in [0, 0.05) is 12.0 Å². The van der Waals surface area contributed by atoms with E-state index < -0.39 is 0 Å². The first-order chi connectivity index (χ1) is 14.5. The summed E-state index contributed by atoms with van der Waals surface area (Å²) in [6, 6.07) is 0. The van der Waals surface area contributed by atoms with Crippen molar-refractivity contribution in [3.8, 4) is 0 Å². The summed E-state index contributed by atoms with van der Waals surface area (Å²) in [5.74, 6) is 0.256. The van der Waals surface area contributed by atoms with E-state index in [2.05, 4.69) is 15.5 Å². The van der Waals surface area contributed by atoms with Gasteiger partial charge in [0.25, 0.3) is 5.56 Å². The molecule has 3 aromatic rings. The molecule has 1 aliphatic carbocycles. The fourth-order valence-electron chi connectivity index (χ4n) is 3.64. The Morgan fingerprint density at radius 2 is 2.03 bits per heavy atom. The van der Waals surface area contributed by atoms with Gasteiger partial charge in [-0.1, -0.05) is 11.3 Å². The number of thiophene rings is 1. The Balaban J connectivity index is 1.67. The molecular weight excluding hydrogens is 424 g/mol. The van der Waals surface area contributed by atoms with E-state index in [1.165, 1.54) is 20.8 Å². The van der Waals surface area contributed by atoms with Crippen LogP contribution in [-0.2, 0) is 42.1 Å². The Morgan fingerprint density at radius 1 is 1.23 bits per heavy atom. The maximum Gasteiger partial charge on any atom is 0.263 e. The standard InChI is InChI=1S/C19H24N6O3S2/c1-24(2)8-13-20-17-16(11-6-4-5-7-12(11)29-17)18(27)25(13)9-14(26)21-19-23-22-15(30-19)10-28-3/h4-10H2,1-3H3,(H,21,23,26). The highest BCUT2D eigenvalue weighted by Gasteiger charge is 2.23. The van der Waals surface area contributed by atoms with Gasteiger partial charge in [-0.15, -0.1) is 21.5 Å². The van der Waals surface area contributed by atoms with Crippen LogP contribution in [-0.4, -0.2) is 51.8 Å². The molecule has 9 nitrogen and oxygen atoms in total. The Bertz CT molecular complexity index is 1130. The number of carbonyl (C=O) groups is 1. The number of nitrogens with zero attached hydrogens (tertiary/aromatic N) is 5. The number of anilines is 1. The molecule has 0 atom stereocenters. The minimum atomic E-state index is -0.331.